The van der Waals surface area contributed by atoms with Gasteiger partial charge in [0.25, 0.3) is 0 Å². The Kier molecular flexibility index (Phi) is 2.57. The summed E-state index contributed by atoms with van der Waals surface area (Å²) >= 11 is 0. The monoisotopic (exact) mass is 237 g/mol. The summed E-state index contributed by atoms with van der Waals surface area (Å²) in [5.41, 5.74) is 0. The Morgan fingerprint density at radius 2 is 1.39 bits per heavy atom. The highest BCUT2D eigenvalue weighted by Gasteiger charge is 2.08. The summed E-state index contributed by atoms with van der Waals surface area (Å²) in [5.74, 6) is 0.542. The Bertz CT molecular complexity index is 653. The van der Waals surface area contributed by atoms with Crippen LogP contribution in [0.3, 0.4) is 0 Å². The van der Waals surface area contributed by atoms with E-state index in [-0.39, 0.29) is 0 Å². The molecule has 0 spiro atoms. The van der Waals surface area contributed by atoms with E-state index >= 15 is 0 Å². The lowest BCUT2D eigenvalue weighted by atomic mass is 10.2. The van der Waals surface area contributed by atoms with Crippen LogP contribution in [0.25, 0.3) is 10.8 Å². The number of rotatable bonds is 1. The molecule has 0 N–H and O–H groups in total. The molecule has 0 aliphatic heterocycles. The maximum Gasteiger partial charge on any atom is 0.423 e. The van der Waals surface area contributed by atoms with Crippen molar-refractivity contribution in [3.05, 3.63) is 67.0 Å². The third-order valence-electron chi connectivity index (χ3n) is 2.71. The maximum atomic E-state index is 11.9. The predicted octanol–water partition coefficient (Wildman–Crippen LogP) is 3.69. The molecule has 0 saturated carbocycles. The van der Waals surface area contributed by atoms with Crippen LogP contribution in [0.15, 0.2) is 67.0 Å². The minimum atomic E-state index is -0.405. The molecule has 1 aromatic heterocycles. The van der Waals surface area contributed by atoms with Crippen molar-refractivity contribution in [1.82, 2.24) is 4.57 Å². The molecule has 0 unspecified atom stereocenters. The number of aromatic nitrogens is 1. The van der Waals surface area contributed by atoms with Crippen LogP contribution in [-0.2, 0) is 0 Å². The maximum absolute atomic E-state index is 11.9. The predicted molar refractivity (Wildman–Crippen MR) is 69.8 cm³/mol. The second kappa shape index (κ2) is 4.37. The quantitative estimate of drug-likeness (QED) is 0.646. The van der Waals surface area contributed by atoms with Gasteiger partial charge in [0, 0.05) is 12.4 Å². The van der Waals surface area contributed by atoms with Crippen molar-refractivity contribution in [2.45, 2.75) is 0 Å². The van der Waals surface area contributed by atoms with Gasteiger partial charge in [-0.1, -0.05) is 42.5 Å². The average Bonchev–Trinajstić information content (AvgIpc) is 2.84. The fourth-order valence-corrected chi connectivity index (χ4v) is 1.83. The van der Waals surface area contributed by atoms with Gasteiger partial charge in [-0.05, 0) is 22.9 Å². The first-order chi connectivity index (χ1) is 8.83. The highest BCUT2D eigenvalue weighted by molar-refractivity contribution is 5.87. The van der Waals surface area contributed by atoms with Gasteiger partial charge in [0.1, 0.15) is 5.75 Å². The van der Waals surface area contributed by atoms with Crippen molar-refractivity contribution < 1.29 is 9.53 Å². The molecule has 0 fully saturated rings. The number of fused-ring (bicyclic) bond motifs is 1. The van der Waals surface area contributed by atoms with Crippen molar-refractivity contribution in [3.63, 3.8) is 0 Å². The Labute approximate surface area is 104 Å². The molecular weight excluding hydrogens is 226 g/mol. The number of hydrogen-bond donors (Lipinski definition) is 0. The number of carbonyl (C=O) groups excluding carboxylic acids is 1. The summed E-state index contributed by atoms with van der Waals surface area (Å²) in [4.78, 5) is 11.9. The number of benzene rings is 2. The van der Waals surface area contributed by atoms with Crippen molar-refractivity contribution in [1.29, 1.82) is 0 Å². The molecule has 1 heterocycles. The molecule has 0 amide bonds. The number of nitrogens with zero attached hydrogens (tertiary/aromatic N) is 1. The topological polar surface area (TPSA) is 31.2 Å². The van der Waals surface area contributed by atoms with Crippen molar-refractivity contribution in [3.8, 4) is 5.75 Å². The van der Waals surface area contributed by atoms with E-state index in [1.165, 1.54) is 4.57 Å². The first-order valence-corrected chi connectivity index (χ1v) is 5.67. The Morgan fingerprint density at radius 1 is 0.833 bits per heavy atom. The molecule has 0 radical (unpaired) electrons. The van der Waals surface area contributed by atoms with Crippen LogP contribution in [-0.4, -0.2) is 10.7 Å². The minimum absolute atomic E-state index is 0.405. The van der Waals surface area contributed by atoms with Gasteiger partial charge in [0.15, 0.2) is 0 Å². The van der Waals surface area contributed by atoms with E-state index in [0.29, 0.717) is 5.75 Å². The summed E-state index contributed by atoms with van der Waals surface area (Å²) in [6, 6.07) is 16.8. The van der Waals surface area contributed by atoms with E-state index in [1.54, 1.807) is 24.5 Å². The number of carbonyl (C=O) groups is 1. The summed E-state index contributed by atoms with van der Waals surface area (Å²) in [6.45, 7) is 0. The van der Waals surface area contributed by atoms with Crippen molar-refractivity contribution in [2.24, 2.45) is 0 Å². The minimum Gasteiger partial charge on any atom is -0.410 e. The van der Waals surface area contributed by atoms with Crippen molar-refractivity contribution in [2.75, 3.05) is 0 Å². The molecule has 88 valence electrons. The molecule has 18 heavy (non-hydrogen) atoms. The number of hydrogen-bond acceptors (Lipinski definition) is 2. The van der Waals surface area contributed by atoms with Crippen LogP contribution in [0.4, 0.5) is 4.79 Å². The molecule has 0 aliphatic rings. The molecule has 0 atom stereocenters. The van der Waals surface area contributed by atoms with Crippen LogP contribution in [0.1, 0.15) is 0 Å². The van der Waals surface area contributed by atoms with E-state index in [1.807, 2.05) is 42.5 Å². The lowest BCUT2D eigenvalue weighted by molar-refractivity contribution is 0.202. The fraction of sp³-hybridized carbons (Fsp3) is 0. The second-order valence-electron chi connectivity index (χ2n) is 3.98. The molecule has 3 heteroatoms. The molecule has 0 aliphatic carbocycles. The zero-order valence-electron chi connectivity index (χ0n) is 9.61. The second-order valence-corrected chi connectivity index (χ2v) is 3.98. The van der Waals surface area contributed by atoms with Gasteiger partial charge >= 0.3 is 6.09 Å². The first-order valence-electron chi connectivity index (χ1n) is 5.67. The van der Waals surface area contributed by atoms with Gasteiger partial charge < -0.3 is 4.74 Å². The van der Waals surface area contributed by atoms with E-state index < -0.39 is 6.09 Å². The third-order valence-corrected chi connectivity index (χ3v) is 2.71. The summed E-state index contributed by atoms with van der Waals surface area (Å²) in [5, 5.41) is 2.03. The lowest BCUT2D eigenvalue weighted by Crippen LogP contribution is -2.14. The normalized spacial score (nSPS) is 10.4. The highest BCUT2D eigenvalue weighted by Crippen LogP contribution is 2.16. The van der Waals surface area contributed by atoms with Crippen LogP contribution < -0.4 is 4.74 Å². The van der Waals surface area contributed by atoms with E-state index in [9.17, 15) is 4.79 Å². The van der Waals surface area contributed by atoms with Crippen LogP contribution in [0.5, 0.6) is 5.75 Å². The molecule has 0 saturated heterocycles. The molecular formula is C15H11NO2. The van der Waals surface area contributed by atoms with Crippen LogP contribution >= 0.6 is 0 Å². The average molecular weight is 237 g/mol. The largest absolute Gasteiger partial charge is 0.423 e. The van der Waals surface area contributed by atoms with Gasteiger partial charge in [-0.15, -0.1) is 0 Å². The van der Waals surface area contributed by atoms with Crippen molar-refractivity contribution >= 4 is 16.9 Å². The summed E-state index contributed by atoms with van der Waals surface area (Å²) in [6.07, 6.45) is 3.12. The Balaban J connectivity index is 1.88. The first kappa shape index (κ1) is 10.6. The zero-order chi connectivity index (χ0) is 12.4. The zero-order valence-corrected chi connectivity index (χ0v) is 9.61. The molecule has 3 rings (SSSR count). The standard InChI is InChI=1S/C15H11NO2/c17-15(18-14-8-2-1-3-9-14)16-10-12-6-4-5-7-13(12)11-16/h1-11H. The molecule has 2 aromatic carbocycles. The lowest BCUT2D eigenvalue weighted by Gasteiger charge is -2.03. The van der Waals surface area contributed by atoms with Crippen LogP contribution in [0.2, 0.25) is 0 Å². The third kappa shape index (κ3) is 1.98. The molecule has 3 nitrogen and oxygen atoms in total. The van der Waals surface area contributed by atoms with E-state index in [2.05, 4.69) is 0 Å². The summed E-state index contributed by atoms with van der Waals surface area (Å²) < 4.78 is 6.71. The SMILES string of the molecule is O=C(Oc1ccccc1)n1cc2ccccc2c1. The van der Waals surface area contributed by atoms with Gasteiger partial charge in [-0.3, -0.25) is 4.57 Å². The summed E-state index contributed by atoms with van der Waals surface area (Å²) in [7, 11) is 0. The van der Waals surface area contributed by atoms with Gasteiger partial charge in [0.2, 0.25) is 0 Å². The van der Waals surface area contributed by atoms with Gasteiger partial charge in [-0.2, -0.15) is 0 Å². The van der Waals surface area contributed by atoms with E-state index in [0.717, 1.165) is 10.8 Å². The van der Waals surface area contributed by atoms with E-state index in [4.69, 9.17) is 4.74 Å². The van der Waals surface area contributed by atoms with Crippen LogP contribution in [0, 0.1) is 0 Å². The number of ether oxygens (including phenoxy) is 1. The van der Waals surface area contributed by atoms with Gasteiger partial charge in [-0.25, -0.2) is 4.79 Å². The Morgan fingerprint density at radius 3 is 2.00 bits per heavy atom. The highest BCUT2D eigenvalue weighted by atomic mass is 16.6. The molecule has 0 bridgehead atoms. The number of para-hydroxylation sites is 1. The fourth-order valence-electron chi connectivity index (χ4n) is 1.83. The smallest absolute Gasteiger partial charge is 0.410 e. The Hall–Kier alpha value is -2.55. The van der Waals surface area contributed by atoms with Gasteiger partial charge in [0.05, 0.1) is 0 Å². The molecule has 3 aromatic rings.